The Balaban J connectivity index is 3.41. The van der Waals surface area contributed by atoms with Crippen molar-refractivity contribution >= 4 is 5.97 Å². The average Bonchev–Trinajstić information content (AvgIpc) is 2.25. The molecule has 0 fully saturated rings. The van der Waals surface area contributed by atoms with Crippen molar-refractivity contribution in [2.75, 3.05) is 0 Å². The van der Waals surface area contributed by atoms with Crippen LogP contribution in [-0.2, 0) is 9.53 Å². The summed E-state index contributed by atoms with van der Waals surface area (Å²) in [4.78, 5) is 11.2. The lowest BCUT2D eigenvalue weighted by atomic mass is 10.1. The van der Waals surface area contributed by atoms with Gasteiger partial charge in [-0.15, -0.1) is 0 Å². The van der Waals surface area contributed by atoms with Crippen LogP contribution < -0.4 is 0 Å². The van der Waals surface area contributed by atoms with E-state index in [1.165, 1.54) is 19.3 Å². The average molecular weight is 212 g/mol. The summed E-state index contributed by atoms with van der Waals surface area (Å²) >= 11 is 0. The van der Waals surface area contributed by atoms with E-state index in [1.807, 2.05) is 13.8 Å². The molecule has 0 bridgehead atoms. The SMILES string of the molecule is CCCCCCCC(=O)OC=C(C)CC. The third kappa shape index (κ3) is 9.51. The zero-order chi connectivity index (χ0) is 11.5. The molecule has 0 aromatic carbocycles. The van der Waals surface area contributed by atoms with Crippen LogP contribution in [0.25, 0.3) is 0 Å². The Morgan fingerprint density at radius 1 is 1.13 bits per heavy atom. The Hall–Kier alpha value is -0.790. The van der Waals surface area contributed by atoms with Gasteiger partial charge in [0.2, 0.25) is 0 Å². The summed E-state index contributed by atoms with van der Waals surface area (Å²) in [5, 5.41) is 0. The molecular weight excluding hydrogens is 188 g/mol. The molecule has 0 rings (SSSR count). The molecular formula is C13H24O2. The first kappa shape index (κ1) is 14.2. The number of rotatable bonds is 8. The van der Waals surface area contributed by atoms with Crippen LogP contribution in [0, 0.1) is 0 Å². The van der Waals surface area contributed by atoms with E-state index >= 15 is 0 Å². The van der Waals surface area contributed by atoms with Crippen molar-refractivity contribution in [3.05, 3.63) is 11.8 Å². The summed E-state index contributed by atoms with van der Waals surface area (Å²) in [6, 6.07) is 0. The molecule has 0 saturated heterocycles. The van der Waals surface area contributed by atoms with Crippen LogP contribution in [0.2, 0.25) is 0 Å². The molecule has 0 heterocycles. The fourth-order valence-corrected chi connectivity index (χ4v) is 1.18. The van der Waals surface area contributed by atoms with Crippen LogP contribution in [0.5, 0.6) is 0 Å². The van der Waals surface area contributed by atoms with Crippen molar-refractivity contribution in [3.8, 4) is 0 Å². The lowest BCUT2D eigenvalue weighted by Crippen LogP contribution is -1.99. The molecule has 0 aliphatic rings. The number of unbranched alkanes of at least 4 members (excludes halogenated alkanes) is 4. The Morgan fingerprint density at radius 2 is 1.80 bits per heavy atom. The van der Waals surface area contributed by atoms with E-state index in [-0.39, 0.29) is 5.97 Å². The Morgan fingerprint density at radius 3 is 2.40 bits per heavy atom. The standard InChI is InChI=1S/C13H24O2/c1-4-6-7-8-9-10-13(14)15-11-12(3)5-2/h11H,4-10H2,1-3H3. The highest BCUT2D eigenvalue weighted by Gasteiger charge is 2.00. The van der Waals surface area contributed by atoms with Gasteiger partial charge in [0.05, 0.1) is 6.26 Å². The minimum absolute atomic E-state index is 0.0979. The first-order chi connectivity index (χ1) is 7.20. The van der Waals surface area contributed by atoms with Crippen molar-refractivity contribution < 1.29 is 9.53 Å². The van der Waals surface area contributed by atoms with Crippen molar-refractivity contribution in [1.82, 2.24) is 0 Å². The van der Waals surface area contributed by atoms with Gasteiger partial charge in [-0.3, -0.25) is 4.79 Å². The first-order valence-corrected chi connectivity index (χ1v) is 6.05. The van der Waals surface area contributed by atoms with Gasteiger partial charge >= 0.3 is 5.97 Å². The van der Waals surface area contributed by atoms with Gasteiger partial charge in [-0.05, 0) is 25.3 Å². The van der Waals surface area contributed by atoms with Gasteiger partial charge in [0.15, 0.2) is 0 Å². The van der Waals surface area contributed by atoms with Gasteiger partial charge in [0, 0.05) is 6.42 Å². The van der Waals surface area contributed by atoms with Gasteiger partial charge in [0.1, 0.15) is 0 Å². The normalized spacial score (nSPS) is 11.5. The highest BCUT2D eigenvalue weighted by molar-refractivity contribution is 5.69. The fraction of sp³-hybridized carbons (Fsp3) is 0.769. The van der Waals surface area contributed by atoms with Gasteiger partial charge in [-0.1, -0.05) is 39.5 Å². The number of carbonyl (C=O) groups excluding carboxylic acids is 1. The Kier molecular flexibility index (Phi) is 9.24. The van der Waals surface area contributed by atoms with E-state index in [2.05, 4.69) is 6.92 Å². The van der Waals surface area contributed by atoms with Gasteiger partial charge in [-0.2, -0.15) is 0 Å². The summed E-state index contributed by atoms with van der Waals surface area (Å²) < 4.78 is 5.00. The number of allylic oxidation sites excluding steroid dienone is 1. The van der Waals surface area contributed by atoms with Crippen LogP contribution in [0.1, 0.15) is 65.7 Å². The van der Waals surface area contributed by atoms with Crippen molar-refractivity contribution in [3.63, 3.8) is 0 Å². The Labute approximate surface area is 93.7 Å². The van der Waals surface area contributed by atoms with E-state index in [9.17, 15) is 4.79 Å². The van der Waals surface area contributed by atoms with Gasteiger partial charge in [-0.25, -0.2) is 0 Å². The number of esters is 1. The molecule has 0 spiro atoms. The summed E-state index contributed by atoms with van der Waals surface area (Å²) in [5.74, 6) is -0.0979. The zero-order valence-corrected chi connectivity index (χ0v) is 10.3. The maximum Gasteiger partial charge on any atom is 0.310 e. The van der Waals surface area contributed by atoms with Gasteiger partial charge in [0.25, 0.3) is 0 Å². The van der Waals surface area contributed by atoms with E-state index in [4.69, 9.17) is 4.74 Å². The molecule has 0 radical (unpaired) electrons. The van der Waals surface area contributed by atoms with E-state index in [0.717, 1.165) is 24.8 Å². The minimum atomic E-state index is -0.0979. The van der Waals surface area contributed by atoms with Crippen LogP contribution in [0.15, 0.2) is 11.8 Å². The molecule has 0 aromatic heterocycles. The molecule has 0 amide bonds. The third-order valence-corrected chi connectivity index (χ3v) is 2.43. The lowest BCUT2D eigenvalue weighted by Gasteiger charge is -2.01. The second-order valence-electron chi connectivity index (χ2n) is 3.97. The molecule has 2 heteroatoms. The second-order valence-corrected chi connectivity index (χ2v) is 3.97. The smallest absolute Gasteiger partial charge is 0.310 e. The zero-order valence-electron chi connectivity index (χ0n) is 10.3. The lowest BCUT2D eigenvalue weighted by molar-refractivity contribution is -0.138. The maximum atomic E-state index is 11.2. The van der Waals surface area contributed by atoms with Crippen LogP contribution >= 0.6 is 0 Å². The second kappa shape index (κ2) is 9.75. The molecule has 0 saturated carbocycles. The van der Waals surface area contributed by atoms with Crippen molar-refractivity contribution in [2.45, 2.75) is 65.7 Å². The molecule has 0 aliphatic carbocycles. The first-order valence-electron chi connectivity index (χ1n) is 6.05. The van der Waals surface area contributed by atoms with E-state index in [1.54, 1.807) is 6.26 Å². The number of carbonyl (C=O) groups is 1. The van der Waals surface area contributed by atoms with E-state index in [0.29, 0.717) is 6.42 Å². The van der Waals surface area contributed by atoms with Crippen molar-refractivity contribution in [2.24, 2.45) is 0 Å². The number of hydrogen-bond donors (Lipinski definition) is 0. The number of hydrogen-bond acceptors (Lipinski definition) is 2. The number of ether oxygens (including phenoxy) is 1. The monoisotopic (exact) mass is 212 g/mol. The highest BCUT2D eigenvalue weighted by atomic mass is 16.5. The third-order valence-electron chi connectivity index (χ3n) is 2.43. The topological polar surface area (TPSA) is 26.3 Å². The maximum absolute atomic E-state index is 11.2. The largest absolute Gasteiger partial charge is 0.435 e. The Bertz CT molecular complexity index is 195. The molecule has 88 valence electrons. The molecule has 0 atom stereocenters. The van der Waals surface area contributed by atoms with Crippen LogP contribution in [-0.4, -0.2) is 5.97 Å². The molecule has 0 unspecified atom stereocenters. The fourth-order valence-electron chi connectivity index (χ4n) is 1.18. The van der Waals surface area contributed by atoms with Crippen molar-refractivity contribution in [1.29, 1.82) is 0 Å². The molecule has 0 N–H and O–H groups in total. The quantitative estimate of drug-likeness (QED) is 0.342. The van der Waals surface area contributed by atoms with Gasteiger partial charge < -0.3 is 4.74 Å². The summed E-state index contributed by atoms with van der Waals surface area (Å²) in [6.45, 7) is 6.20. The summed E-state index contributed by atoms with van der Waals surface area (Å²) in [6.07, 6.45) is 8.90. The summed E-state index contributed by atoms with van der Waals surface area (Å²) in [7, 11) is 0. The van der Waals surface area contributed by atoms with Crippen LogP contribution in [0.3, 0.4) is 0 Å². The van der Waals surface area contributed by atoms with E-state index < -0.39 is 0 Å². The predicted molar refractivity (Wildman–Crippen MR) is 63.5 cm³/mol. The molecule has 2 nitrogen and oxygen atoms in total. The molecule has 0 aliphatic heterocycles. The van der Waals surface area contributed by atoms with Crippen LogP contribution in [0.4, 0.5) is 0 Å². The predicted octanol–water partition coefficient (Wildman–Crippen LogP) is 4.20. The molecule has 15 heavy (non-hydrogen) atoms. The summed E-state index contributed by atoms with van der Waals surface area (Å²) in [5.41, 5.74) is 1.11. The molecule has 0 aromatic rings. The minimum Gasteiger partial charge on any atom is -0.435 e. The highest BCUT2D eigenvalue weighted by Crippen LogP contribution is 2.06.